The van der Waals surface area contributed by atoms with Gasteiger partial charge >= 0.3 is 0 Å². The van der Waals surface area contributed by atoms with E-state index in [1.807, 2.05) is 31.3 Å². The Morgan fingerprint density at radius 1 is 1.57 bits per heavy atom. The van der Waals surface area contributed by atoms with Crippen LogP contribution in [0.1, 0.15) is 25.5 Å². The molecule has 0 N–H and O–H groups in total. The number of pyridine rings is 1. The molecule has 0 radical (unpaired) electrons. The molecule has 0 saturated carbocycles. The van der Waals surface area contributed by atoms with Gasteiger partial charge in [-0.2, -0.15) is 5.06 Å². The Kier molecular flexibility index (Phi) is 4.51. The highest BCUT2D eigenvalue weighted by Gasteiger charge is 2.11. The van der Waals surface area contributed by atoms with Crippen LogP contribution in [0.25, 0.3) is 0 Å². The second-order valence-electron chi connectivity index (χ2n) is 3.08. The van der Waals surface area contributed by atoms with E-state index in [0.29, 0.717) is 6.61 Å². The molecule has 0 amide bonds. The van der Waals surface area contributed by atoms with Gasteiger partial charge in [-0.05, 0) is 41.4 Å². The fourth-order valence-corrected chi connectivity index (χ4v) is 1.56. The number of aromatic nitrogens is 1. The first-order chi connectivity index (χ1) is 6.65. The first-order valence-electron chi connectivity index (χ1n) is 4.61. The highest BCUT2D eigenvalue weighted by Crippen LogP contribution is 2.20. The molecule has 1 aromatic rings. The third-order valence-corrected chi connectivity index (χ3v) is 2.52. The summed E-state index contributed by atoms with van der Waals surface area (Å²) in [5.74, 6) is 0. The normalized spacial score (nSPS) is 13.2. The second-order valence-corrected chi connectivity index (χ2v) is 3.99. The molecule has 0 aliphatic rings. The summed E-state index contributed by atoms with van der Waals surface area (Å²) in [6, 6.07) is 2.26. The highest BCUT2D eigenvalue weighted by molar-refractivity contribution is 9.10. The van der Waals surface area contributed by atoms with Gasteiger partial charge in [0.2, 0.25) is 0 Å². The van der Waals surface area contributed by atoms with Crippen LogP contribution in [0.4, 0.5) is 0 Å². The zero-order valence-corrected chi connectivity index (χ0v) is 10.3. The molecule has 0 aliphatic heterocycles. The van der Waals surface area contributed by atoms with Crippen molar-refractivity contribution in [3.63, 3.8) is 0 Å². The van der Waals surface area contributed by atoms with Gasteiger partial charge in [-0.3, -0.25) is 9.82 Å². The summed E-state index contributed by atoms with van der Waals surface area (Å²) >= 11 is 3.40. The van der Waals surface area contributed by atoms with Crippen LogP contribution < -0.4 is 0 Å². The van der Waals surface area contributed by atoms with E-state index >= 15 is 0 Å². The number of hydrogen-bond donors (Lipinski definition) is 0. The Labute approximate surface area is 93.2 Å². The van der Waals surface area contributed by atoms with Crippen LogP contribution >= 0.6 is 15.9 Å². The number of halogens is 1. The SMILES string of the molecule is CCON(C)[C@H](C)c1cncc(Br)c1. The Morgan fingerprint density at radius 3 is 2.86 bits per heavy atom. The molecule has 0 saturated heterocycles. The van der Waals surface area contributed by atoms with E-state index in [4.69, 9.17) is 4.84 Å². The minimum absolute atomic E-state index is 0.208. The van der Waals surface area contributed by atoms with E-state index in [9.17, 15) is 0 Å². The van der Waals surface area contributed by atoms with E-state index in [2.05, 4.69) is 27.8 Å². The monoisotopic (exact) mass is 258 g/mol. The summed E-state index contributed by atoms with van der Waals surface area (Å²) in [5, 5.41) is 1.84. The van der Waals surface area contributed by atoms with Crippen LogP contribution in [-0.2, 0) is 4.84 Å². The van der Waals surface area contributed by atoms with Crippen molar-refractivity contribution < 1.29 is 4.84 Å². The molecule has 0 spiro atoms. The van der Waals surface area contributed by atoms with Gasteiger partial charge in [0.1, 0.15) is 0 Å². The Hall–Kier alpha value is -0.450. The van der Waals surface area contributed by atoms with Crippen LogP contribution in [0.5, 0.6) is 0 Å². The minimum atomic E-state index is 0.208. The van der Waals surface area contributed by atoms with Crippen molar-refractivity contribution in [2.24, 2.45) is 0 Å². The molecule has 0 bridgehead atoms. The lowest BCUT2D eigenvalue weighted by molar-refractivity contribution is -0.161. The summed E-state index contributed by atoms with van der Waals surface area (Å²) in [6.45, 7) is 4.74. The Bertz CT molecular complexity index is 293. The average molecular weight is 259 g/mol. The minimum Gasteiger partial charge on any atom is -0.299 e. The van der Waals surface area contributed by atoms with Crippen LogP contribution in [0, 0.1) is 0 Å². The highest BCUT2D eigenvalue weighted by atomic mass is 79.9. The Morgan fingerprint density at radius 2 is 2.29 bits per heavy atom. The third-order valence-electron chi connectivity index (χ3n) is 2.09. The molecule has 1 aromatic heterocycles. The van der Waals surface area contributed by atoms with E-state index in [0.717, 1.165) is 10.0 Å². The zero-order chi connectivity index (χ0) is 10.6. The van der Waals surface area contributed by atoms with Gasteiger partial charge in [-0.1, -0.05) is 0 Å². The molecule has 1 heterocycles. The predicted octanol–water partition coefficient (Wildman–Crippen LogP) is 2.79. The van der Waals surface area contributed by atoms with Crippen molar-refractivity contribution >= 4 is 15.9 Å². The molecule has 0 aromatic carbocycles. The quantitative estimate of drug-likeness (QED) is 0.777. The molecule has 4 heteroatoms. The van der Waals surface area contributed by atoms with E-state index in [-0.39, 0.29) is 6.04 Å². The fraction of sp³-hybridized carbons (Fsp3) is 0.500. The maximum atomic E-state index is 5.39. The molecule has 0 fully saturated rings. The summed E-state index contributed by atoms with van der Waals surface area (Å²) in [4.78, 5) is 9.51. The zero-order valence-electron chi connectivity index (χ0n) is 8.70. The van der Waals surface area contributed by atoms with Crippen molar-refractivity contribution in [2.75, 3.05) is 13.7 Å². The lowest BCUT2D eigenvalue weighted by atomic mass is 10.1. The van der Waals surface area contributed by atoms with Crippen LogP contribution in [0.15, 0.2) is 22.9 Å². The third kappa shape index (κ3) is 3.04. The van der Waals surface area contributed by atoms with Gasteiger partial charge in [0, 0.05) is 23.9 Å². The smallest absolute Gasteiger partial charge is 0.0657 e. The molecule has 14 heavy (non-hydrogen) atoms. The van der Waals surface area contributed by atoms with Crippen LogP contribution in [0.3, 0.4) is 0 Å². The van der Waals surface area contributed by atoms with Gasteiger partial charge in [-0.25, -0.2) is 0 Å². The molecule has 0 unspecified atom stereocenters. The average Bonchev–Trinajstić information content (AvgIpc) is 2.17. The van der Waals surface area contributed by atoms with Crippen molar-refractivity contribution in [1.29, 1.82) is 0 Å². The Balaban J connectivity index is 2.73. The predicted molar refractivity (Wildman–Crippen MR) is 59.7 cm³/mol. The first-order valence-corrected chi connectivity index (χ1v) is 5.40. The largest absolute Gasteiger partial charge is 0.299 e. The number of hydrogen-bond acceptors (Lipinski definition) is 3. The molecular formula is C10H15BrN2O. The van der Waals surface area contributed by atoms with Crippen LogP contribution in [-0.4, -0.2) is 23.7 Å². The van der Waals surface area contributed by atoms with Crippen molar-refractivity contribution in [2.45, 2.75) is 19.9 Å². The maximum Gasteiger partial charge on any atom is 0.0657 e. The van der Waals surface area contributed by atoms with Crippen molar-refractivity contribution in [1.82, 2.24) is 10.0 Å². The fourth-order valence-electron chi connectivity index (χ4n) is 1.18. The molecule has 1 rings (SSSR count). The first kappa shape index (κ1) is 11.6. The van der Waals surface area contributed by atoms with E-state index in [1.54, 1.807) is 6.20 Å². The van der Waals surface area contributed by atoms with Gasteiger partial charge in [0.25, 0.3) is 0 Å². The molecule has 1 atom stereocenters. The van der Waals surface area contributed by atoms with Crippen molar-refractivity contribution in [3.8, 4) is 0 Å². The van der Waals surface area contributed by atoms with E-state index < -0.39 is 0 Å². The summed E-state index contributed by atoms with van der Waals surface area (Å²) < 4.78 is 0.992. The second kappa shape index (κ2) is 5.44. The standard InChI is InChI=1S/C10H15BrN2O/c1-4-14-13(3)8(2)9-5-10(11)7-12-6-9/h5-8H,4H2,1-3H3/t8-/m1/s1. The van der Waals surface area contributed by atoms with Gasteiger partial charge in [0.15, 0.2) is 0 Å². The van der Waals surface area contributed by atoms with Gasteiger partial charge in [-0.15, -0.1) is 0 Å². The van der Waals surface area contributed by atoms with E-state index in [1.165, 1.54) is 0 Å². The van der Waals surface area contributed by atoms with Gasteiger partial charge in [0.05, 0.1) is 12.6 Å². The summed E-state index contributed by atoms with van der Waals surface area (Å²) in [5.41, 5.74) is 1.13. The topological polar surface area (TPSA) is 25.4 Å². The molecule has 3 nitrogen and oxygen atoms in total. The number of hydroxylamine groups is 2. The maximum absolute atomic E-state index is 5.39. The summed E-state index contributed by atoms with van der Waals surface area (Å²) in [6.07, 6.45) is 3.63. The van der Waals surface area contributed by atoms with Crippen LogP contribution in [0.2, 0.25) is 0 Å². The number of rotatable bonds is 4. The molecular weight excluding hydrogens is 244 g/mol. The summed E-state index contributed by atoms with van der Waals surface area (Å²) in [7, 11) is 1.93. The molecule has 0 aliphatic carbocycles. The molecule has 78 valence electrons. The lowest BCUT2D eigenvalue weighted by Crippen LogP contribution is -2.22. The van der Waals surface area contributed by atoms with Crippen molar-refractivity contribution in [3.05, 3.63) is 28.5 Å². The number of nitrogens with zero attached hydrogens (tertiary/aromatic N) is 2. The van der Waals surface area contributed by atoms with Gasteiger partial charge < -0.3 is 0 Å². The lowest BCUT2D eigenvalue weighted by Gasteiger charge is -2.23.